The molecule has 0 saturated heterocycles. The van der Waals surface area contributed by atoms with Crippen LogP contribution < -0.4 is 5.73 Å². The lowest BCUT2D eigenvalue weighted by atomic mass is 9.99. The minimum absolute atomic E-state index is 0.308. The fourth-order valence-corrected chi connectivity index (χ4v) is 4.32. The SMILES string of the molecule is CCN(C(C)(CC)CN)S(=O)(=O)c1ccccc1C. The molecule has 0 bridgehead atoms. The average molecular weight is 284 g/mol. The maximum atomic E-state index is 12.8. The van der Waals surface area contributed by atoms with Crippen LogP contribution in [0.1, 0.15) is 32.8 Å². The summed E-state index contributed by atoms with van der Waals surface area (Å²) in [6.07, 6.45) is 0.683. The zero-order valence-electron chi connectivity index (χ0n) is 12.2. The summed E-state index contributed by atoms with van der Waals surface area (Å²) < 4.78 is 27.2. The first-order chi connectivity index (χ1) is 8.83. The van der Waals surface area contributed by atoms with Crippen LogP contribution >= 0.6 is 0 Å². The zero-order valence-corrected chi connectivity index (χ0v) is 13.0. The fraction of sp³-hybridized carbons (Fsp3) is 0.571. The summed E-state index contributed by atoms with van der Waals surface area (Å²) in [4.78, 5) is 0.366. The van der Waals surface area contributed by atoms with Gasteiger partial charge in [0, 0.05) is 18.6 Å². The molecule has 0 amide bonds. The number of likely N-dealkylation sites (N-methyl/N-ethyl adjacent to an activating group) is 1. The summed E-state index contributed by atoms with van der Waals surface area (Å²) in [5, 5.41) is 0. The summed E-state index contributed by atoms with van der Waals surface area (Å²) >= 11 is 0. The number of nitrogens with zero attached hydrogens (tertiary/aromatic N) is 1. The monoisotopic (exact) mass is 284 g/mol. The van der Waals surface area contributed by atoms with E-state index in [-0.39, 0.29) is 0 Å². The molecule has 1 atom stereocenters. The number of sulfonamides is 1. The molecule has 0 aliphatic rings. The number of aryl methyl sites for hydroxylation is 1. The Kier molecular flexibility index (Phi) is 5.12. The van der Waals surface area contributed by atoms with Crippen LogP contribution in [0.15, 0.2) is 29.2 Å². The van der Waals surface area contributed by atoms with Gasteiger partial charge >= 0.3 is 0 Å². The van der Waals surface area contributed by atoms with Gasteiger partial charge in [-0.3, -0.25) is 0 Å². The van der Waals surface area contributed by atoms with Crippen LogP contribution in [-0.2, 0) is 10.0 Å². The minimum Gasteiger partial charge on any atom is -0.329 e. The van der Waals surface area contributed by atoms with Crippen molar-refractivity contribution in [3.63, 3.8) is 0 Å². The van der Waals surface area contributed by atoms with Crippen molar-refractivity contribution >= 4 is 10.0 Å². The molecule has 1 unspecified atom stereocenters. The maximum Gasteiger partial charge on any atom is 0.243 e. The standard InChI is InChI=1S/C14H24N2O2S/c1-5-14(4,11-15)16(6-2)19(17,18)13-10-8-7-9-12(13)3/h7-10H,5-6,11,15H2,1-4H3. The normalized spacial score (nSPS) is 15.5. The molecule has 1 rings (SSSR count). The van der Waals surface area contributed by atoms with E-state index in [1.807, 2.05) is 39.8 Å². The second-order valence-electron chi connectivity index (χ2n) is 4.99. The van der Waals surface area contributed by atoms with Gasteiger partial charge in [0.2, 0.25) is 10.0 Å². The topological polar surface area (TPSA) is 63.4 Å². The van der Waals surface area contributed by atoms with Gasteiger partial charge in [-0.2, -0.15) is 4.31 Å². The van der Waals surface area contributed by atoms with Crippen molar-refractivity contribution in [1.29, 1.82) is 0 Å². The maximum absolute atomic E-state index is 12.8. The predicted molar refractivity (Wildman–Crippen MR) is 78.5 cm³/mol. The predicted octanol–water partition coefficient (Wildman–Crippen LogP) is 2.13. The molecular weight excluding hydrogens is 260 g/mol. The van der Waals surface area contributed by atoms with E-state index >= 15 is 0 Å². The first kappa shape index (κ1) is 16.1. The Morgan fingerprint density at radius 2 is 1.84 bits per heavy atom. The number of hydrogen-bond acceptors (Lipinski definition) is 3. The molecule has 1 aromatic rings. The molecule has 5 heteroatoms. The second-order valence-corrected chi connectivity index (χ2v) is 6.82. The molecule has 108 valence electrons. The Labute approximate surface area is 116 Å². The van der Waals surface area contributed by atoms with Gasteiger partial charge in [-0.15, -0.1) is 0 Å². The molecule has 0 saturated carbocycles. The van der Waals surface area contributed by atoms with Crippen LogP contribution in [0.5, 0.6) is 0 Å². The van der Waals surface area contributed by atoms with Crippen LogP contribution in [0.3, 0.4) is 0 Å². The van der Waals surface area contributed by atoms with Crippen molar-refractivity contribution in [3.8, 4) is 0 Å². The molecule has 0 aliphatic carbocycles. The lowest BCUT2D eigenvalue weighted by molar-refractivity contribution is 0.214. The van der Waals surface area contributed by atoms with E-state index in [9.17, 15) is 8.42 Å². The summed E-state index contributed by atoms with van der Waals surface area (Å²) in [6.45, 7) is 8.24. The summed E-state index contributed by atoms with van der Waals surface area (Å²) in [6, 6.07) is 7.05. The van der Waals surface area contributed by atoms with Gasteiger partial charge in [-0.25, -0.2) is 8.42 Å². The molecular formula is C14H24N2O2S. The van der Waals surface area contributed by atoms with Gasteiger partial charge < -0.3 is 5.73 Å². The van der Waals surface area contributed by atoms with Crippen molar-refractivity contribution in [2.75, 3.05) is 13.1 Å². The fourth-order valence-electron chi connectivity index (χ4n) is 2.23. The van der Waals surface area contributed by atoms with Crippen molar-refractivity contribution in [3.05, 3.63) is 29.8 Å². The van der Waals surface area contributed by atoms with Crippen molar-refractivity contribution in [2.24, 2.45) is 5.73 Å². The van der Waals surface area contributed by atoms with Gasteiger partial charge in [0.1, 0.15) is 0 Å². The van der Waals surface area contributed by atoms with Gasteiger partial charge in [0.05, 0.1) is 4.90 Å². The molecule has 2 N–H and O–H groups in total. The van der Waals surface area contributed by atoms with E-state index in [1.54, 1.807) is 12.1 Å². The Hall–Kier alpha value is -0.910. The van der Waals surface area contributed by atoms with Crippen LogP contribution in [0.2, 0.25) is 0 Å². The Balaban J connectivity index is 3.36. The molecule has 4 nitrogen and oxygen atoms in total. The Morgan fingerprint density at radius 3 is 2.26 bits per heavy atom. The highest BCUT2D eigenvalue weighted by Crippen LogP contribution is 2.28. The molecule has 0 heterocycles. The van der Waals surface area contributed by atoms with Gasteiger partial charge in [0.25, 0.3) is 0 Å². The third-order valence-corrected chi connectivity index (χ3v) is 6.05. The lowest BCUT2D eigenvalue weighted by Gasteiger charge is -2.38. The van der Waals surface area contributed by atoms with Crippen LogP contribution in [0.4, 0.5) is 0 Å². The average Bonchev–Trinajstić information content (AvgIpc) is 2.39. The van der Waals surface area contributed by atoms with Crippen LogP contribution in [0.25, 0.3) is 0 Å². The molecule has 19 heavy (non-hydrogen) atoms. The Morgan fingerprint density at radius 1 is 1.26 bits per heavy atom. The molecule has 0 radical (unpaired) electrons. The highest BCUT2D eigenvalue weighted by Gasteiger charge is 2.37. The van der Waals surface area contributed by atoms with E-state index < -0.39 is 15.6 Å². The van der Waals surface area contributed by atoms with Gasteiger partial charge in [-0.1, -0.05) is 32.0 Å². The van der Waals surface area contributed by atoms with E-state index in [0.29, 0.717) is 24.4 Å². The zero-order chi connectivity index (χ0) is 14.7. The van der Waals surface area contributed by atoms with Crippen LogP contribution in [-0.4, -0.2) is 31.4 Å². The molecule has 0 aromatic heterocycles. The second kappa shape index (κ2) is 6.03. The van der Waals surface area contributed by atoms with Crippen molar-refractivity contribution in [2.45, 2.75) is 44.6 Å². The van der Waals surface area contributed by atoms with E-state index in [0.717, 1.165) is 5.56 Å². The van der Waals surface area contributed by atoms with Gasteiger partial charge in [0.15, 0.2) is 0 Å². The highest BCUT2D eigenvalue weighted by molar-refractivity contribution is 7.89. The molecule has 0 spiro atoms. The summed E-state index contributed by atoms with van der Waals surface area (Å²) in [5.41, 5.74) is 6.02. The quantitative estimate of drug-likeness (QED) is 0.870. The smallest absolute Gasteiger partial charge is 0.243 e. The summed E-state index contributed by atoms with van der Waals surface area (Å²) in [7, 11) is -3.51. The van der Waals surface area contributed by atoms with Crippen molar-refractivity contribution < 1.29 is 8.42 Å². The molecule has 1 aromatic carbocycles. The van der Waals surface area contributed by atoms with Gasteiger partial charge in [-0.05, 0) is 31.9 Å². The number of benzene rings is 1. The lowest BCUT2D eigenvalue weighted by Crippen LogP contribution is -2.53. The Bertz CT molecular complexity index is 522. The first-order valence-electron chi connectivity index (χ1n) is 6.62. The first-order valence-corrected chi connectivity index (χ1v) is 8.06. The van der Waals surface area contributed by atoms with Crippen LogP contribution in [0, 0.1) is 6.92 Å². The molecule has 0 aliphatic heterocycles. The minimum atomic E-state index is -3.51. The number of rotatable bonds is 6. The third kappa shape index (κ3) is 2.99. The highest BCUT2D eigenvalue weighted by atomic mass is 32.2. The summed E-state index contributed by atoms with van der Waals surface area (Å²) in [5.74, 6) is 0. The third-order valence-electron chi connectivity index (χ3n) is 3.75. The van der Waals surface area contributed by atoms with E-state index in [1.165, 1.54) is 4.31 Å². The van der Waals surface area contributed by atoms with Crippen molar-refractivity contribution in [1.82, 2.24) is 4.31 Å². The number of nitrogens with two attached hydrogens (primary N) is 1. The number of hydrogen-bond donors (Lipinski definition) is 1. The van der Waals surface area contributed by atoms with E-state index in [2.05, 4.69) is 0 Å². The van der Waals surface area contributed by atoms with E-state index in [4.69, 9.17) is 5.73 Å². The molecule has 0 fully saturated rings. The largest absolute Gasteiger partial charge is 0.329 e.